The number of aromatic nitrogens is 1. The summed E-state index contributed by atoms with van der Waals surface area (Å²) in [5.41, 5.74) is -0.0260. The first-order valence-corrected chi connectivity index (χ1v) is 7.22. The van der Waals surface area contributed by atoms with Gasteiger partial charge in [0.05, 0.1) is 0 Å². The van der Waals surface area contributed by atoms with Gasteiger partial charge >= 0.3 is 5.97 Å². The Labute approximate surface area is 107 Å². The van der Waals surface area contributed by atoms with Crippen LogP contribution in [0, 0.1) is 0 Å². The lowest BCUT2D eigenvalue weighted by molar-refractivity contribution is 0.0683. The second kappa shape index (κ2) is 5.53. The molecule has 0 radical (unpaired) electrons. The van der Waals surface area contributed by atoms with E-state index in [4.69, 9.17) is 5.11 Å². The Hall–Kier alpha value is -1.34. The van der Waals surface area contributed by atoms with Crippen LogP contribution in [0.3, 0.4) is 0 Å². The summed E-state index contributed by atoms with van der Waals surface area (Å²) in [7, 11) is -3.63. The van der Waals surface area contributed by atoms with Crippen LogP contribution in [0.5, 0.6) is 0 Å². The number of rotatable bonds is 6. The summed E-state index contributed by atoms with van der Waals surface area (Å²) in [6.45, 7) is 5.77. The first-order valence-electron chi connectivity index (χ1n) is 5.74. The zero-order chi connectivity index (χ0) is 13.9. The highest BCUT2D eigenvalue weighted by molar-refractivity contribution is 7.89. The molecule has 6 nitrogen and oxygen atoms in total. The minimum atomic E-state index is -3.63. The third-order valence-corrected chi connectivity index (χ3v) is 3.88. The number of nitrogens with one attached hydrogen (secondary N) is 1. The molecule has 1 aromatic rings. The Kier molecular flexibility index (Phi) is 4.53. The summed E-state index contributed by atoms with van der Waals surface area (Å²) >= 11 is 0. The molecule has 0 bridgehead atoms. The lowest BCUT2D eigenvalue weighted by atomic mass is 10.3. The van der Waals surface area contributed by atoms with Crippen LogP contribution in [0.4, 0.5) is 0 Å². The predicted molar refractivity (Wildman–Crippen MR) is 67.3 cm³/mol. The van der Waals surface area contributed by atoms with Crippen molar-refractivity contribution >= 4 is 16.0 Å². The molecule has 0 saturated carbocycles. The molecule has 0 fully saturated rings. The highest BCUT2D eigenvalue weighted by Crippen LogP contribution is 2.18. The van der Waals surface area contributed by atoms with E-state index in [0.29, 0.717) is 13.0 Å². The smallest absolute Gasteiger partial charge is 0.352 e. The van der Waals surface area contributed by atoms with E-state index in [1.165, 1.54) is 16.8 Å². The Bertz CT molecular complexity index is 531. The van der Waals surface area contributed by atoms with E-state index in [9.17, 15) is 13.2 Å². The van der Waals surface area contributed by atoms with E-state index in [1.807, 2.05) is 6.92 Å². The molecular weight excluding hydrogens is 256 g/mol. The molecule has 0 atom stereocenters. The third kappa shape index (κ3) is 3.11. The Morgan fingerprint density at radius 3 is 2.50 bits per heavy atom. The SMILES string of the molecule is CCCNS(=O)(=O)c1cc(C(=O)O)n(C(C)C)c1. The minimum Gasteiger partial charge on any atom is -0.477 e. The van der Waals surface area contributed by atoms with Crippen molar-refractivity contribution in [2.24, 2.45) is 0 Å². The maximum absolute atomic E-state index is 11.9. The number of aromatic carboxylic acids is 1. The van der Waals surface area contributed by atoms with Crippen molar-refractivity contribution in [3.05, 3.63) is 18.0 Å². The van der Waals surface area contributed by atoms with Crippen LogP contribution in [-0.2, 0) is 10.0 Å². The van der Waals surface area contributed by atoms with E-state index in [0.717, 1.165) is 0 Å². The summed E-state index contributed by atoms with van der Waals surface area (Å²) in [5.74, 6) is -1.14. The van der Waals surface area contributed by atoms with Crippen LogP contribution in [0.25, 0.3) is 0 Å². The Balaban J connectivity index is 3.20. The first-order chi connectivity index (χ1) is 8.29. The fourth-order valence-electron chi connectivity index (χ4n) is 1.52. The average Bonchev–Trinajstić information content (AvgIpc) is 2.72. The zero-order valence-corrected chi connectivity index (χ0v) is 11.5. The quantitative estimate of drug-likeness (QED) is 0.822. The molecule has 7 heteroatoms. The van der Waals surface area contributed by atoms with Crippen LogP contribution in [0.1, 0.15) is 43.7 Å². The van der Waals surface area contributed by atoms with Gasteiger partial charge in [0.25, 0.3) is 0 Å². The molecule has 2 N–H and O–H groups in total. The molecule has 0 aliphatic rings. The van der Waals surface area contributed by atoms with Crippen molar-refractivity contribution in [3.8, 4) is 0 Å². The molecule has 0 aliphatic heterocycles. The van der Waals surface area contributed by atoms with E-state index < -0.39 is 16.0 Å². The van der Waals surface area contributed by atoms with Crippen LogP contribution < -0.4 is 4.72 Å². The third-order valence-electron chi connectivity index (χ3n) is 2.45. The highest BCUT2D eigenvalue weighted by Gasteiger charge is 2.21. The van der Waals surface area contributed by atoms with Gasteiger partial charge in [0.15, 0.2) is 0 Å². The van der Waals surface area contributed by atoms with Crippen molar-refractivity contribution in [1.29, 1.82) is 0 Å². The van der Waals surface area contributed by atoms with E-state index in [2.05, 4.69) is 4.72 Å². The van der Waals surface area contributed by atoms with Crippen molar-refractivity contribution in [3.63, 3.8) is 0 Å². The monoisotopic (exact) mass is 274 g/mol. The fraction of sp³-hybridized carbons (Fsp3) is 0.545. The Morgan fingerprint density at radius 1 is 1.50 bits per heavy atom. The van der Waals surface area contributed by atoms with Gasteiger partial charge in [0.2, 0.25) is 10.0 Å². The summed E-state index contributed by atoms with van der Waals surface area (Å²) in [5, 5.41) is 9.03. The molecule has 18 heavy (non-hydrogen) atoms. The largest absolute Gasteiger partial charge is 0.477 e. The molecular formula is C11H18N2O4S. The van der Waals surface area contributed by atoms with Crippen LogP contribution in [0.2, 0.25) is 0 Å². The van der Waals surface area contributed by atoms with Gasteiger partial charge in [0, 0.05) is 18.8 Å². The van der Waals surface area contributed by atoms with E-state index >= 15 is 0 Å². The Morgan fingerprint density at radius 2 is 2.11 bits per heavy atom. The second-order valence-corrected chi connectivity index (χ2v) is 6.03. The molecule has 0 aliphatic carbocycles. The normalized spacial score (nSPS) is 12.0. The number of carbonyl (C=O) groups is 1. The number of carboxylic acid groups (broad SMARTS) is 1. The summed E-state index contributed by atoms with van der Waals surface area (Å²) < 4.78 is 27.6. The molecule has 102 valence electrons. The molecule has 0 spiro atoms. The van der Waals surface area contributed by atoms with E-state index in [1.54, 1.807) is 13.8 Å². The van der Waals surface area contributed by atoms with Gasteiger partial charge in [-0.3, -0.25) is 0 Å². The molecule has 1 aromatic heterocycles. The van der Waals surface area contributed by atoms with Crippen molar-refractivity contribution in [1.82, 2.24) is 9.29 Å². The van der Waals surface area contributed by atoms with Crippen LogP contribution >= 0.6 is 0 Å². The van der Waals surface area contributed by atoms with Gasteiger partial charge in [-0.15, -0.1) is 0 Å². The van der Waals surface area contributed by atoms with Gasteiger partial charge in [-0.1, -0.05) is 6.92 Å². The highest BCUT2D eigenvalue weighted by atomic mass is 32.2. The van der Waals surface area contributed by atoms with Crippen molar-refractivity contribution in [2.75, 3.05) is 6.54 Å². The van der Waals surface area contributed by atoms with Crippen LogP contribution in [0.15, 0.2) is 17.2 Å². The number of sulfonamides is 1. The van der Waals surface area contributed by atoms with Gasteiger partial charge in [-0.05, 0) is 26.3 Å². The lowest BCUT2D eigenvalue weighted by Crippen LogP contribution is -2.24. The van der Waals surface area contributed by atoms with Gasteiger partial charge in [-0.2, -0.15) is 0 Å². The second-order valence-electron chi connectivity index (χ2n) is 4.26. The first kappa shape index (κ1) is 14.7. The summed E-state index contributed by atoms with van der Waals surface area (Å²) in [6.07, 6.45) is 2.03. The average molecular weight is 274 g/mol. The molecule has 1 heterocycles. The number of nitrogens with zero attached hydrogens (tertiary/aromatic N) is 1. The van der Waals surface area contributed by atoms with Crippen LogP contribution in [-0.4, -0.2) is 30.6 Å². The van der Waals surface area contributed by atoms with Crippen molar-refractivity contribution < 1.29 is 18.3 Å². The van der Waals surface area contributed by atoms with Crippen molar-refractivity contribution in [2.45, 2.75) is 38.1 Å². The maximum atomic E-state index is 11.9. The molecule has 0 amide bonds. The molecule has 0 unspecified atom stereocenters. The molecule has 0 saturated heterocycles. The standard InChI is InChI=1S/C11H18N2O4S/c1-4-5-12-18(16,17)9-6-10(11(14)15)13(7-9)8(2)3/h6-8,12H,4-5H2,1-3H3,(H,14,15). The predicted octanol–water partition coefficient (Wildman–Crippen LogP) is 1.46. The van der Waals surface area contributed by atoms with Gasteiger partial charge < -0.3 is 9.67 Å². The number of hydrogen-bond donors (Lipinski definition) is 2. The topological polar surface area (TPSA) is 88.4 Å². The molecule has 0 aromatic carbocycles. The number of hydrogen-bond acceptors (Lipinski definition) is 3. The minimum absolute atomic E-state index is 0.0120. The van der Waals surface area contributed by atoms with Gasteiger partial charge in [-0.25, -0.2) is 17.9 Å². The summed E-state index contributed by atoms with van der Waals surface area (Å²) in [4.78, 5) is 11.0. The summed E-state index contributed by atoms with van der Waals surface area (Å²) in [6, 6.07) is 1.06. The maximum Gasteiger partial charge on any atom is 0.352 e. The van der Waals surface area contributed by atoms with Gasteiger partial charge in [0.1, 0.15) is 10.6 Å². The fourth-order valence-corrected chi connectivity index (χ4v) is 2.68. The van der Waals surface area contributed by atoms with E-state index in [-0.39, 0.29) is 16.6 Å². The lowest BCUT2D eigenvalue weighted by Gasteiger charge is -2.09. The molecule has 1 rings (SSSR count). The number of carboxylic acids is 1. The zero-order valence-electron chi connectivity index (χ0n) is 10.7.